The van der Waals surface area contributed by atoms with Gasteiger partial charge >= 0.3 is 0 Å². The van der Waals surface area contributed by atoms with Gasteiger partial charge in [-0.25, -0.2) is 9.97 Å². The summed E-state index contributed by atoms with van der Waals surface area (Å²) in [7, 11) is 1.66. The summed E-state index contributed by atoms with van der Waals surface area (Å²) in [5.74, 6) is 1.41. The number of benzene rings is 4. The van der Waals surface area contributed by atoms with E-state index in [-0.39, 0.29) is 0 Å². The van der Waals surface area contributed by atoms with Crippen LogP contribution in [0.5, 0.6) is 5.75 Å². The Morgan fingerprint density at radius 1 is 0.647 bits per heavy atom. The highest BCUT2D eigenvalue weighted by Gasteiger charge is 2.15. The van der Waals surface area contributed by atoms with Crippen molar-refractivity contribution in [3.05, 3.63) is 109 Å². The van der Waals surface area contributed by atoms with Crippen LogP contribution < -0.4 is 4.74 Å². The maximum atomic E-state index is 5.43. The van der Waals surface area contributed by atoms with E-state index in [0.717, 1.165) is 44.7 Å². The van der Waals surface area contributed by atoms with Crippen LogP contribution in [0.4, 0.5) is 0 Å². The third-order valence-corrected chi connectivity index (χ3v) is 6.01. The molecule has 2 aromatic heterocycles. The molecule has 4 nitrogen and oxygen atoms in total. The number of ether oxygens (including phenoxy) is 1. The van der Waals surface area contributed by atoms with E-state index in [0.29, 0.717) is 5.82 Å². The number of hydrogen-bond donors (Lipinski definition) is 0. The minimum Gasteiger partial charge on any atom is -0.497 e. The Hall–Kier alpha value is -4.57. The van der Waals surface area contributed by atoms with E-state index in [1.54, 1.807) is 7.11 Å². The first-order valence-electron chi connectivity index (χ1n) is 11.2. The van der Waals surface area contributed by atoms with E-state index in [9.17, 15) is 0 Å². The SMILES string of the molecule is COc1cccc(-c2nc(-c3ccccc3)c3ncc(-c4cccc5ccccc45)cc3n2)c1. The first kappa shape index (κ1) is 20.1. The molecule has 0 N–H and O–H groups in total. The van der Waals surface area contributed by atoms with E-state index in [4.69, 9.17) is 19.7 Å². The van der Waals surface area contributed by atoms with Crippen LogP contribution in [0.25, 0.3) is 55.6 Å². The van der Waals surface area contributed by atoms with Gasteiger partial charge in [0.15, 0.2) is 5.82 Å². The number of nitrogens with zero attached hydrogens (tertiary/aromatic N) is 3. The molecule has 2 heterocycles. The van der Waals surface area contributed by atoms with Gasteiger partial charge in [0.05, 0.1) is 12.6 Å². The van der Waals surface area contributed by atoms with Crippen LogP contribution in [0.3, 0.4) is 0 Å². The first-order chi connectivity index (χ1) is 16.8. The summed E-state index contributed by atoms with van der Waals surface area (Å²) in [5.41, 5.74) is 6.46. The molecule has 0 fully saturated rings. The van der Waals surface area contributed by atoms with Crippen molar-refractivity contribution in [2.45, 2.75) is 0 Å². The zero-order valence-electron chi connectivity index (χ0n) is 18.6. The second-order valence-corrected chi connectivity index (χ2v) is 8.11. The summed E-state index contributed by atoms with van der Waals surface area (Å²) in [5, 5.41) is 2.39. The Morgan fingerprint density at radius 2 is 1.41 bits per heavy atom. The van der Waals surface area contributed by atoms with E-state index in [2.05, 4.69) is 60.7 Å². The number of pyridine rings is 1. The Balaban J connectivity index is 1.61. The van der Waals surface area contributed by atoms with Gasteiger partial charge in [0, 0.05) is 22.9 Å². The Kier molecular flexibility index (Phi) is 4.96. The standard InChI is InChI=1S/C30H21N3O/c1-34-24-14-7-13-22(17-24)30-32-27-18-23(26-16-8-12-20-9-5-6-15-25(20)26)19-31-29(27)28(33-30)21-10-3-2-4-11-21/h2-19H,1H3. The lowest BCUT2D eigenvalue weighted by Crippen LogP contribution is -1.98. The van der Waals surface area contributed by atoms with Gasteiger partial charge in [-0.15, -0.1) is 0 Å². The van der Waals surface area contributed by atoms with Gasteiger partial charge in [-0.2, -0.15) is 0 Å². The number of rotatable bonds is 4. The van der Waals surface area contributed by atoms with Crippen molar-refractivity contribution in [2.75, 3.05) is 7.11 Å². The number of fused-ring (bicyclic) bond motifs is 2. The molecule has 4 aromatic carbocycles. The van der Waals surface area contributed by atoms with Crippen LogP contribution in [-0.2, 0) is 0 Å². The van der Waals surface area contributed by atoms with E-state index in [1.165, 1.54) is 10.8 Å². The zero-order valence-corrected chi connectivity index (χ0v) is 18.6. The molecule has 0 saturated heterocycles. The highest BCUT2D eigenvalue weighted by atomic mass is 16.5. The first-order valence-corrected chi connectivity index (χ1v) is 11.2. The van der Waals surface area contributed by atoms with Gasteiger partial charge in [-0.3, -0.25) is 4.98 Å². The van der Waals surface area contributed by atoms with E-state index in [1.807, 2.05) is 48.7 Å². The van der Waals surface area contributed by atoms with Gasteiger partial charge in [0.25, 0.3) is 0 Å². The Labute approximate surface area is 197 Å². The average molecular weight is 440 g/mol. The van der Waals surface area contributed by atoms with Crippen molar-refractivity contribution in [1.29, 1.82) is 0 Å². The van der Waals surface area contributed by atoms with Crippen LogP contribution in [0, 0.1) is 0 Å². The lowest BCUT2D eigenvalue weighted by Gasteiger charge is -2.12. The summed E-state index contributed by atoms with van der Waals surface area (Å²) >= 11 is 0. The molecule has 0 spiro atoms. The molecule has 0 bridgehead atoms. The lowest BCUT2D eigenvalue weighted by atomic mass is 9.99. The van der Waals surface area contributed by atoms with Crippen molar-refractivity contribution in [2.24, 2.45) is 0 Å². The molecule has 0 unspecified atom stereocenters. The predicted molar refractivity (Wildman–Crippen MR) is 138 cm³/mol. The molecule has 4 heteroatoms. The molecule has 34 heavy (non-hydrogen) atoms. The quantitative estimate of drug-likeness (QED) is 0.292. The summed E-state index contributed by atoms with van der Waals surface area (Å²) in [6.07, 6.45) is 1.92. The molecule has 0 atom stereocenters. The summed E-state index contributed by atoms with van der Waals surface area (Å²) < 4.78 is 5.43. The summed E-state index contributed by atoms with van der Waals surface area (Å²) in [4.78, 5) is 14.7. The molecule has 0 aliphatic carbocycles. The van der Waals surface area contributed by atoms with Crippen molar-refractivity contribution in [3.8, 4) is 39.5 Å². The smallest absolute Gasteiger partial charge is 0.160 e. The predicted octanol–water partition coefficient (Wildman–Crippen LogP) is 7.19. The van der Waals surface area contributed by atoms with Crippen LogP contribution in [0.2, 0.25) is 0 Å². The van der Waals surface area contributed by atoms with Gasteiger partial charge < -0.3 is 4.74 Å². The molecular weight excluding hydrogens is 418 g/mol. The van der Waals surface area contributed by atoms with E-state index >= 15 is 0 Å². The topological polar surface area (TPSA) is 47.9 Å². The lowest BCUT2D eigenvalue weighted by molar-refractivity contribution is 0.415. The number of aromatic nitrogens is 3. The van der Waals surface area contributed by atoms with Crippen LogP contribution in [-0.4, -0.2) is 22.1 Å². The number of methoxy groups -OCH3 is 1. The summed E-state index contributed by atoms with van der Waals surface area (Å²) in [6.45, 7) is 0. The van der Waals surface area contributed by atoms with E-state index < -0.39 is 0 Å². The fourth-order valence-electron chi connectivity index (χ4n) is 4.33. The Morgan fingerprint density at radius 3 is 2.29 bits per heavy atom. The molecule has 0 amide bonds. The van der Waals surface area contributed by atoms with Crippen molar-refractivity contribution in [1.82, 2.24) is 15.0 Å². The van der Waals surface area contributed by atoms with Crippen LogP contribution in [0.1, 0.15) is 0 Å². The molecule has 0 saturated carbocycles. The molecule has 162 valence electrons. The van der Waals surface area contributed by atoms with Gasteiger partial charge in [-0.05, 0) is 34.5 Å². The van der Waals surface area contributed by atoms with Gasteiger partial charge in [-0.1, -0.05) is 84.9 Å². The fraction of sp³-hybridized carbons (Fsp3) is 0.0333. The third kappa shape index (κ3) is 3.55. The number of hydrogen-bond acceptors (Lipinski definition) is 4. The normalized spacial score (nSPS) is 11.1. The van der Waals surface area contributed by atoms with Gasteiger partial charge in [0.2, 0.25) is 0 Å². The molecule has 0 radical (unpaired) electrons. The monoisotopic (exact) mass is 439 g/mol. The second-order valence-electron chi connectivity index (χ2n) is 8.11. The van der Waals surface area contributed by atoms with Crippen molar-refractivity contribution in [3.63, 3.8) is 0 Å². The minimum absolute atomic E-state index is 0.641. The highest BCUT2D eigenvalue weighted by Crippen LogP contribution is 2.33. The minimum atomic E-state index is 0.641. The average Bonchev–Trinajstić information content (AvgIpc) is 2.92. The maximum Gasteiger partial charge on any atom is 0.160 e. The van der Waals surface area contributed by atoms with Gasteiger partial charge in [0.1, 0.15) is 17.0 Å². The van der Waals surface area contributed by atoms with Crippen molar-refractivity contribution < 1.29 is 4.74 Å². The fourth-order valence-corrected chi connectivity index (χ4v) is 4.33. The molecule has 0 aliphatic rings. The largest absolute Gasteiger partial charge is 0.497 e. The molecule has 0 aliphatic heterocycles. The summed E-state index contributed by atoms with van der Waals surface area (Å²) in [6, 6.07) is 34.8. The molecule has 6 rings (SSSR count). The maximum absolute atomic E-state index is 5.43. The highest BCUT2D eigenvalue weighted by molar-refractivity contribution is 5.99. The second kappa shape index (κ2) is 8.41. The van der Waals surface area contributed by atoms with Crippen LogP contribution in [0.15, 0.2) is 109 Å². The third-order valence-electron chi connectivity index (χ3n) is 6.01. The van der Waals surface area contributed by atoms with Crippen molar-refractivity contribution >= 4 is 21.8 Å². The van der Waals surface area contributed by atoms with Crippen LogP contribution >= 0.6 is 0 Å². The molecule has 6 aromatic rings. The Bertz CT molecular complexity index is 1640. The molecular formula is C30H21N3O. The zero-order chi connectivity index (χ0) is 22.9.